The maximum Gasteiger partial charge on any atom is 0.0774 e. The molecule has 1 aromatic rings. The topological polar surface area (TPSA) is 21.3 Å². The van der Waals surface area contributed by atoms with E-state index < -0.39 is 0 Å². The second-order valence-corrected chi connectivity index (χ2v) is 6.97. The highest BCUT2D eigenvalue weighted by Crippen LogP contribution is 2.31. The molecule has 0 radical (unpaired) electrons. The van der Waals surface area contributed by atoms with E-state index in [9.17, 15) is 0 Å². The maximum atomic E-state index is 6.07. The van der Waals surface area contributed by atoms with E-state index in [0.717, 1.165) is 13.0 Å². The Labute approximate surface area is 123 Å². The van der Waals surface area contributed by atoms with Crippen LogP contribution in [0.25, 0.3) is 0 Å². The van der Waals surface area contributed by atoms with Gasteiger partial charge in [0.2, 0.25) is 0 Å². The first-order chi connectivity index (χ1) is 9.41. The van der Waals surface area contributed by atoms with Gasteiger partial charge < -0.3 is 10.1 Å². The lowest BCUT2D eigenvalue weighted by molar-refractivity contribution is 0.0319. The number of benzene rings is 1. The zero-order chi connectivity index (χ0) is 14.8. The molecule has 3 unspecified atom stereocenters. The quantitative estimate of drug-likeness (QED) is 0.889. The summed E-state index contributed by atoms with van der Waals surface area (Å²) < 4.78 is 6.07. The van der Waals surface area contributed by atoms with Gasteiger partial charge in [0.15, 0.2) is 0 Å². The van der Waals surface area contributed by atoms with E-state index in [4.69, 9.17) is 4.74 Å². The van der Waals surface area contributed by atoms with Gasteiger partial charge in [0.25, 0.3) is 0 Å². The van der Waals surface area contributed by atoms with Crippen molar-refractivity contribution >= 4 is 0 Å². The van der Waals surface area contributed by atoms with Crippen LogP contribution in [-0.2, 0) is 10.2 Å². The largest absolute Gasteiger partial charge is 0.373 e. The summed E-state index contributed by atoms with van der Waals surface area (Å²) >= 11 is 0. The lowest BCUT2D eigenvalue weighted by Crippen LogP contribution is -2.32. The van der Waals surface area contributed by atoms with Gasteiger partial charge in [-0.1, -0.05) is 52.0 Å². The molecule has 2 nitrogen and oxygen atoms in total. The molecule has 0 spiro atoms. The number of nitrogens with one attached hydrogen (secondary N) is 1. The van der Waals surface area contributed by atoms with E-state index in [2.05, 4.69) is 64.2 Å². The monoisotopic (exact) mass is 275 g/mol. The van der Waals surface area contributed by atoms with Crippen LogP contribution in [0.3, 0.4) is 0 Å². The van der Waals surface area contributed by atoms with Crippen LogP contribution in [0.5, 0.6) is 0 Å². The number of ether oxygens (including phenoxy) is 1. The van der Waals surface area contributed by atoms with E-state index in [1.165, 1.54) is 17.5 Å². The predicted octanol–water partition coefficient (Wildman–Crippen LogP) is 4.20. The van der Waals surface area contributed by atoms with Gasteiger partial charge in [-0.15, -0.1) is 0 Å². The van der Waals surface area contributed by atoms with Crippen molar-refractivity contribution in [2.45, 2.75) is 71.1 Å². The second-order valence-electron chi connectivity index (χ2n) is 6.97. The van der Waals surface area contributed by atoms with Gasteiger partial charge in [0, 0.05) is 0 Å². The van der Waals surface area contributed by atoms with Crippen molar-refractivity contribution in [3.05, 3.63) is 35.4 Å². The zero-order valence-electron chi connectivity index (χ0n) is 13.6. The minimum absolute atomic E-state index is 0.213. The Morgan fingerprint density at radius 2 is 1.85 bits per heavy atom. The SMILES string of the molecule is CCNC(c1ccc(C(C)(C)C)cc1)C1CCC(C)O1. The summed E-state index contributed by atoms with van der Waals surface area (Å²) in [4.78, 5) is 0. The fraction of sp³-hybridized carbons (Fsp3) is 0.667. The highest BCUT2D eigenvalue weighted by atomic mass is 16.5. The Morgan fingerprint density at radius 3 is 2.30 bits per heavy atom. The molecule has 2 heteroatoms. The molecule has 1 fully saturated rings. The lowest BCUT2D eigenvalue weighted by Gasteiger charge is -2.26. The molecule has 1 saturated heterocycles. The van der Waals surface area contributed by atoms with Gasteiger partial charge in [-0.25, -0.2) is 0 Å². The Morgan fingerprint density at radius 1 is 1.20 bits per heavy atom. The first-order valence-corrected chi connectivity index (χ1v) is 7.91. The summed E-state index contributed by atoms with van der Waals surface area (Å²) in [6, 6.07) is 9.37. The third-order valence-corrected chi connectivity index (χ3v) is 4.20. The van der Waals surface area contributed by atoms with E-state index in [0.29, 0.717) is 18.2 Å². The Hall–Kier alpha value is -0.860. The molecule has 0 saturated carbocycles. The minimum atomic E-state index is 0.213. The van der Waals surface area contributed by atoms with Crippen molar-refractivity contribution in [1.82, 2.24) is 5.32 Å². The number of hydrogen-bond donors (Lipinski definition) is 1. The number of rotatable bonds is 4. The van der Waals surface area contributed by atoms with Gasteiger partial charge in [-0.3, -0.25) is 0 Å². The molecule has 0 bridgehead atoms. The van der Waals surface area contributed by atoms with Crippen LogP contribution in [0.15, 0.2) is 24.3 Å². The number of hydrogen-bond acceptors (Lipinski definition) is 2. The van der Waals surface area contributed by atoms with E-state index >= 15 is 0 Å². The molecule has 20 heavy (non-hydrogen) atoms. The van der Waals surface area contributed by atoms with Gasteiger partial charge >= 0.3 is 0 Å². The Kier molecular flexibility index (Phi) is 4.87. The molecular weight excluding hydrogens is 246 g/mol. The molecule has 0 aromatic heterocycles. The van der Waals surface area contributed by atoms with Crippen LogP contribution in [0.2, 0.25) is 0 Å². The van der Waals surface area contributed by atoms with Gasteiger partial charge in [0.1, 0.15) is 0 Å². The lowest BCUT2D eigenvalue weighted by atomic mass is 9.86. The fourth-order valence-corrected chi connectivity index (χ4v) is 2.95. The van der Waals surface area contributed by atoms with Crippen molar-refractivity contribution < 1.29 is 4.74 Å². The highest BCUT2D eigenvalue weighted by Gasteiger charge is 2.30. The predicted molar refractivity (Wildman–Crippen MR) is 85.1 cm³/mol. The zero-order valence-corrected chi connectivity index (χ0v) is 13.6. The van der Waals surface area contributed by atoms with Crippen molar-refractivity contribution in [1.29, 1.82) is 0 Å². The fourth-order valence-electron chi connectivity index (χ4n) is 2.95. The summed E-state index contributed by atoms with van der Waals surface area (Å²) in [6.07, 6.45) is 3.03. The van der Waals surface area contributed by atoms with Gasteiger partial charge in [0.05, 0.1) is 18.2 Å². The number of likely N-dealkylation sites (N-methyl/N-ethyl adjacent to an activating group) is 1. The molecule has 1 aliphatic rings. The second kappa shape index (κ2) is 6.28. The molecule has 1 aromatic carbocycles. The highest BCUT2D eigenvalue weighted by molar-refractivity contribution is 5.30. The van der Waals surface area contributed by atoms with Crippen molar-refractivity contribution in [2.75, 3.05) is 6.54 Å². The summed E-state index contributed by atoms with van der Waals surface area (Å²) in [5, 5.41) is 3.59. The van der Waals surface area contributed by atoms with E-state index in [1.54, 1.807) is 0 Å². The first-order valence-electron chi connectivity index (χ1n) is 7.91. The smallest absolute Gasteiger partial charge is 0.0774 e. The van der Waals surface area contributed by atoms with Crippen LogP contribution in [0.1, 0.15) is 64.6 Å². The van der Waals surface area contributed by atoms with Crippen LogP contribution >= 0.6 is 0 Å². The van der Waals surface area contributed by atoms with E-state index in [1.807, 2.05) is 0 Å². The maximum absolute atomic E-state index is 6.07. The summed E-state index contributed by atoms with van der Waals surface area (Å²) in [6.45, 7) is 12.1. The average molecular weight is 275 g/mol. The summed E-state index contributed by atoms with van der Waals surface area (Å²) in [5.41, 5.74) is 2.95. The van der Waals surface area contributed by atoms with Crippen LogP contribution in [0.4, 0.5) is 0 Å². The normalized spacial score (nSPS) is 24.9. The van der Waals surface area contributed by atoms with E-state index in [-0.39, 0.29) is 5.41 Å². The van der Waals surface area contributed by atoms with Crippen molar-refractivity contribution in [2.24, 2.45) is 0 Å². The molecule has 112 valence electrons. The standard InChI is InChI=1S/C18H29NO/c1-6-19-17(16-12-7-13(2)20-16)14-8-10-15(11-9-14)18(3,4)5/h8-11,13,16-17,19H,6-7,12H2,1-5H3. The van der Waals surface area contributed by atoms with Gasteiger partial charge in [-0.05, 0) is 42.9 Å². The molecule has 0 aliphatic carbocycles. The molecule has 2 rings (SSSR count). The first kappa shape index (κ1) is 15.5. The molecule has 1 heterocycles. The third-order valence-electron chi connectivity index (χ3n) is 4.20. The van der Waals surface area contributed by atoms with Gasteiger partial charge in [-0.2, -0.15) is 0 Å². The Bertz CT molecular complexity index is 418. The minimum Gasteiger partial charge on any atom is -0.373 e. The van der Waals surface area contributed by atoms with Crippen LogP contribution in [-0.4, -0.2) is 18.8 Å². The molecule has 3 atom stereocenters. The summed E-state index contributed by atoms with van der Waals surface area (Å²) in [5.74, 6) is 0. The van der Waals surface area contributed by atoms with Crippen molar-refractivity contribution in [3.63, 3.8) is 0 Å². The molecule has 0 amide bonds. The third kappa shape index (κ3) is 3.62. The van der Waals surface area contributed by atoms with Crippen LogP contribution in [0, 0.1) is 0 Å². The Balaban J connectivity index is 2.17. The average Bonchev–Trinajstić information content (AvgIpc) is 2.81. The molecule has 1 aliphatic heterocycles. The van der Waals surface area contributed by atoms with Crippen molar-refractivity contribution in [3.8, 4) is 0 Å². The van der Waals surface area contributed by atoms with Crippen LogP contribution < -0.4 is 5.32 Å². The molecular formula is C18H29NO. The summed E-state index contributed by atoms with van der Waals surface area (Å²) in [7, 11) is 0. The molecule has 1 N–H and O–H groups in total.